The van der Waals surface area contributed by atoms with Gasteiger partial charge in [0.25, 0.3) is 0 Å². The van der Waals surface area contributed by atoms with Crippen molar-refractivity contribution in [2.24, 2.45) is 0 Å². The first-order valence-corrected chi connectivity index (χ1v) is 15.0. The number of H-pyrrole nitrogens is 1. The third kappa shape index (κ3) is 5.25. The predicted octanol–water partition coefficient (Wildman–Crippen LogP) is 6.85. The second-order valence-corrected chi connectivity index (χ2v) is 13.0. The largest absolute Gasteiger partial charge is 0.352 e. The van der Waals surface area contributed by atoms with Gasteiger partial charge < -0.3 is 5.32 Å². The molecule has 0 spiro atoms. The van der Waals surface area contributed by atoms with Crippen LogP contribution in [0.2, 0.25) is 0 Å². The minimum atomic E-state index is -0.525. The number of nitrogens with one attached hydrogen (secondary N) is 2. The van der Waals surface area contributed by atoms with Crippen LogP contribution in [0.15, 0.2) is 60.5 Å². The van der Waals surface area contributed by atoms with Gasteiger partial charge in [0.15, 0.2) is 5.78 Å². The quantitative estimate of drug-likeness (QED) is 0.216. The van der Waals surface area contributed by atoms with E-state index in [9.17, 15) is 9.59 Å². The molecule has 1 heterocycles. The maximum Gasteiger partial charge on any atom is 0.230 e. The number of hydrogen-bond donors (Lipinski definition) is 2. The SMILES string of the molecule is CC1=Cc2ccc(Br)cc2C(=O)C1c1nc(SCC(=O)NC2CC(Cl)C2c2ccc(Br)cc2Br)n[nH]1. The summed E-state index contributed by atoms with van der Waals surface area (Å²) in [6, 6.07) is 11.6. The van der Waals surface area contributed by atoms with Crippen LogP contribution >= 0.6 is 71.2 Å². The van der Waals surface area contributed by atoms with Crippen LogP contribution in [-0.4, -0.2) is 44.0 Å². The molecule has 2 aromatic carbocycles. The molecule has 11 heteroatoms. The molecule has 0 bridgehead atoms. The van der Waals surface area contributed by atoms with E-state index in [0.29, 0.717) is 23.0 Å². The smallest absolute Gasteiger partial charge is 0.230 e. The lowest BCUT2D eigenvalue weighted by Gasteiger charge is -2.42. The Hall–Kier alpha value is -1.46. The zero-order chi connectivity index (χ0) is 25.6. The summed E-state index contributed by atoms with van der Waals surface area (Å²) in [6.45, 7) is 1.92. The van der Waals surface area contributed by atoms with Gasteiger partial charge in [0.1, 0.15) is 11.7 Å². The zero-order valence-electron chi connectivity index (χ0n) is 18.9. The van der Waals surface area contributed by atoms with Crippen molar-refractivity contribution in [3.05, 3.63) is 77.9 Å². The molecule has 0 radical (unpaired) electrons. The number of halogens is 4. The molecule has 0 saturated heterocycles. The maximum atomic E-state index is 13.2. The summed E-state index contributed by atoms with van der Waals surface area (Å²) in [6.07, 6.45) is 2.71. The molecular formula is C25H20Br3ClN4O2S. The van der Waals surface area contributed by atoms with E-state index in [4.69, 9.17) is 11.6 Å². The summed E-state index contributed by atoms with van der Waals surface area (Å²) < 4.78 is 2.79. The zero-order valence-corrected chi connectivity index (χ0v) is 25.2. The molecule has 3 aromatic rings. The predicted molar refractivity (Wildman–Crippen MR) is 153 cm³/mol. The second kappa shape index (κ2) is 10.7. The molecule has 186 valence electrons. The molecule has 5 rings (SSSR count). The van der Waals surface area contributed by atoms with Crippen molar-refractivity contribution in [2.75, 3.05) is 5.75 Å². The van der Waals surface area contributed by atoms with Crippen molar-refractivity contribution in [2.45, 2.75) is 41.8 Å². The summed E-state index contributed by atoms with van der Waals surface area (Å²) in [5, 5.41) is 10.6. The lowest BCUT2D eigenvalue weighted by molar-refractivity contribution is -0.119. The van der Waals surface area contributed by atoms with Gasteiger partial charge in [-0.15, -0.1) is 16.7 Å². The minimum Gasteiger partial charge on any atom is -0.352 e. The Morgan fingerprint density at radius 1 is 1.19 bits per heavy atom. The topological polar surface area (TPSA) is 87.7 Å². The Kier molecular flexibility index (Phi) is 7.79. The van der Waals surface area contributed by atoms with Gasteiger partial charge in [-0.25, -0.2) is 4.98 Å². The van der Waals surface area contributed by atoms with Gasteiger partial charge in [-0.3, -0.25) is 14.7 Å². The van der Waals surface area contributed by atoms with Crippen LogP contribution in [0.4, 0.5) is 0 Å². The number of aromatic nitrogens is 3. The van der Waals surface area contributed by atoms with Crippen LogP contribution in [0, 0.1) is 0 Å². The number of allylic oxidation sites excluding steroid dienone is 1. The highest BCUT2D eigenvalue weighted by Gasteiger charge is 2.42. The van der Waals surface area contributed by atoms with Crippen LogP contribution in [-0.2, 0) is 4.79 Å². The fourth-order valence-electron chi connectivity index (χ4n) is 4.65. The van der Waals surface area contributed by atoms with Crippen LogP contribution in [0.3, 0.4) is 0 Å². The number of nitrogens with zero attached hydrogens (tertiary/aromatic N) is 2. The molecular weight excluding hydrogens is 696 g/mol. The van der Waals surface area contributed by atoms with Gasteiger partial charge in [-0.2, -0.15) is 0 Å². The standard InChI is InChI=1S/C25H20Br3ClN4O2S/c1-11-6-12-2-3-13(26)7-16(12)23(35)21(11)24-31-25(33-32-24)36-10-20(34)30-19-9-18(29)22(19)15-5-4-14(27)8-17(15)28/h2-8,18-19,21-22H,9-10H2,1H3,(H,30,34)(H,31,32,33). The third-order valence-electron chi connectivity index (χ3n) is 6.44. The molecule has 1 fully saturated rings. The molecule has 1 amide bonds. The number of fused-ring (bicyclic) bond motifs is 1. The molecule has 36 heavy (non-hydrogen) atoms. The molecule has 1 aromatic heterocycles. The monoisotopic (exact) mass is 712 g/mol. The van der Waals surface area contributed by atoms with Crippen molar-refractivity contribution in [1.29, 1.82) is 0 Å². The number of alkyl halides is 1. The number of Topliss-reactive ketones (excluding diaryl/α,β-unsaturated/α-hetero) is 1. The van der Waals surface area contributed by atoms with Crippen LogP contribution in [0.1, 0.15) is 52.5 Å². The lowest BCUT2D eigenvalue weighted by atomic mass is 9.74. The maximum absolute atomic E-state index is 13.2. The lowest BCUT2D eigenvalue weighted by Crippen LogP contribution is -2.52. The van der Waals surface area contributed by atoms with E-state index >= 15 is 0 Å². The van der Waals surface area contributed by atoms with E-state index in [2.05, 4.69) is 68.3 Å². The fourth-order valence-corrected chi connectivity index (χ4v) is 7.45. The van der Waals surface area contributed by atoms with E-state index in [-0.39, 0.29) is 34.8 Å². The Morgan fingerprint density at radius 2 is 1.94 bits per heavy atom. The first kappa shape index (κ1) is 26.2. The highest BCUT2D eigenvalue weighted by atomic mass is 79.9. The molecule has 4 atom stereocenters. The number of aromatic amines is 1. The number of ketones is 1. The Morgan fingerprint density at radius 3 is 2.69 bits per heavy atom. The highest BCUT2D eigenvalue weighted by molar-refractivity contribution is 9.11. The van der Waals surface area contributed by atoms with E-state index in [0.717, 1.165) is 30.1 Å². The van der Waals surface area contributed by atoms with E-state index in [1.807, 2.05) is 49.4 Å². The van der Waals surface area contributed by atoms with Crippen LogP contribution in [0.5, 0.6) is 0 Å². The van der Waals surface area contributed by atoms with Crippen molar-refractivity contribution < 1.29 is 9.59 Å². The van der Waals surface area contributed by atoms with Gasteiger partial charge in [0, 0.05) is 36.3 Å². The summed E-state index contributed by atoms with van der Waals surface area (Å²) in [7, 11) is 0. The van der Waals surface area contributed by atoms with E-state index in [1.54, 1.807) is 0 Å². The van der Waals surface area contributed by atoms with Crippen molar-refractivity contribution in [3.63, 3.8) is 0 Å². The van der Waals surface area contributed by atoms with Gasteiger partial charge in [0.05, 0.1) is 5.75 Å². The fraction of sp³-hybridized carbons (Fsp3) is 0.280. The minimum absolute atomic E-state index is 0.0255. The van der Waals surface area contributed by atoms with Crippen LogP contribution in [0.25, 0.3) is 6.08 Å². The Labute approximate surface area is 242 Å². The van der Waals surface area contributed by atoms with Crippen LogP contribution < -0.4 is 5.32 Å². The average Bonchev–Trinajstić information content (AvgIpc) is 3.28. The van der Waals surface area contributed by atoms with Gasteiger partial charge >= 0.3 is 0 Å². The second-order valence-electron chi connectivity index (χ2n) is 8.83. The van der Waals surface area contributed by atoms with E-state index < -0.39 is 5.92 Å². The van der Waals surface area contributed by atoms with Crippen molar-refractivity contribution in [3.8, 4) is 0 Å². The number of carbonyl (C=O) groups excluding carboxylic acids is 2. The van der Waals surface area contributed by atoms with Gasteiger partial charge in [-0.1, -0.05) is 83.3 Å². The molecule has 4 unspecified atom stereocenters. The third-order valence-corrected chi connectivity index (χ3v) is 9.41. The Balaban J connectivity index is 1.21. The molecule has 2 N–H and O–H groups in total. The first-order valence-electron chi connectivity index (χ1n) is 11.2. The highest BCUT2D eigenvalue weighted by Crippen LogP contribution is 2.44. The number of carbonyl (C=O) groups is 2. The van der Waals surface area contributed by atoms with Gasteiger partial charge in [0.2, 0.25) is 11.1 Å². The molecule has 2 aliphatic carbocycles. The summed E-state index contributed by atoms with van der Waals surface area (Å²) in [5.41, 5.74) is 3.52. The number of thioether (sulfide) groups is 1. The molecule has 6 nitrogen and oxygen atoms in total. The normalized spacial score (nSPS) is 23.0. The van der Waals surface area contributed by atoms with E-state index in [1.165, 1.54) is 11.8 Å². The summed E-state index contributed by atoms with van der Waals surface area (Å²) >= 11 is 18.2. The van der Waals surface area contributed by atoms with Crippen molar-refractivity contribution in [1.82, 2.24) is 20.5 Å². The molecule has 1 saturated carbocycles. The first-order chi connectivity index (χ1) is 17.2. The average molecular weight is 716 g/mol. The Bertz CT molecular complexity index is 1400. The molecule has 0 aliphatic heterocycles. The van der Waals surface area contributed by atoms with Gasteiger partial charge in [-0.05, 0) is 48.7 Å². The number of amides is 1. The number of benzene rings is 2. The summed E-state index contributed by atoms with van der Waals surface area (Å²) in [4.78, 5) is 30.4. The molecule has 2 aliphatic rings. The number of rotatable bonds is 6. The van der Waals surface area contributed by atoms with Crippen molar-refractivity contribution >= 4 is 88.9 Å². The summed E-state index contributed by atoms with van der Waals surface area (Å²) in [5.74, 6) is 0.0186. The number of hydrogen-bond acceptors (Lipinski definition) is 5.